The number of unbranched alkanes of at least 4 members (excludes halogenated alkanes) is 3. The Kier molecular flexibility index (Phi) is 20.4. The van der Waals surface area contributed by atoms with E-state index in [9.17, 15) is 0 Å². The molecule has 0 heterocycles. The van der Waals surface area contributed by atoms with Crippen LogP contribution >= 0.6 is 0 Å². The van der Waals surface area contributed by atoms with Crippen LogP contribution in [0.15, 0.2) is 0 Å². The maximum atomic E-state index is 6.00. The number of rotatable bonds is 11. The van der Waals surface area contributed by atoms with E-state index < -0.39 is 8.24 Å². The van der Waals surface area contributed by atoms with Crippen molar-refractivity contribution >= 4 is 8.24 Å². The largest absolute Gasteiger partial charge is 4.00 e. The number of nitrogens with zero attached hydrogens (tertiary/aromatic N) is 1. The molecule has 2 nitrogen and oxygen atoms in total. The van der Waals surface area contributed by atoms with Gasteiger partial charge in [0.05, 0.1) is 5.60 Å². The van der Waals surface area contributed by atoms with E-state index in [1.165, 1.54) is 83.1 Å². The van der Waals surface area contributed by atoms with Gasteiger partial charge in [-0.3, -0.25) is 0 Å². The molecule has 260 valence electrons. The molecule has 3 aliphatic rings. The first-order chi connectivity index (χ1) is 18.4. The van der Waals surface area contributed by atoms with Crippen molar-refractivity contribution in [1.29, 1.82) is 0 Å². The van der Waals surface area contributed by atoms with Crippen molar-refractivity contribution in [3.63, 3.8) is 0 Å². The second-order valence-corrected chi connectivity index (χ2v) is 22.4. The fourth-order valence-corrected chi connectivity index (χ4v) is 15.8. The van der Waals surface area contributed by atoms with Gasteiger partial charge in [-0.2, -0.15) is 0 Å². The molecule has 44 heavy (non-hydrogen) atoms. The van der Waals surface area contributed by atoms with Crippen molar-refractivity contribution in [3.8, 4) is 0 Å². The van der Waals surface area contributed by atoms with Crippen molar-refractivity contribution in [2.24, 2.45) is 46.8 Å². The van der Waals surface area contributed by atoms with Crippen molar-refractivity contribution in [2.45, 2.75) is 182 Å². The molecule has 0 spiro atoms. The molecule has 3 fully saturated rings. The van der Waals surface area contributed by atoms with Gasteiger partial charge in [-0.15, -0.1) is 5.54 Å². The van der Waals surface area contributed by atoms with Crippen molar-refractivity contribution < 1.29 is 26.5 Å². The summed E-state index contributed by atoms with van der Waals surface area (Å²) in [5.74, 6) is 6.56. The number of fused-ring (bicyclic) bond motifs is 1. The Morgan fingerprint density at radius 2 is 1.27 bits per heavy atom. The Hall–Kier alpha value is 0.851. The van der Waals surface area contributed by atoms with Gasteiger partial charge in [-0.1, -0.05) is 114 Å². The second-order valence-electron chi connectivity index (χ2n) is 18.3. The fraction of sp³-hybridized carbons (Fsp3) is 0.925. The summed E-state index contributed by atoms with van der Waals surface area (Å²) >= 11 is 0. The van der Waals surface area contributed by atoms with Gasteiger partial charge in [0.2, 0.25) is 0 Å². The normalized spacial score (nSPS) is 30.6. The molecular formula is C40H81NOSiTi. The molecule has 0 bridgehead atoms. The van der Waals surface area contributed by atoms with Crippen LogP contribution in [0.5, 0.6) is 0 Å². The van der Waals surface area contributed by atoms with Crippen molar-refractivity contribution in [1.82, 2.24) is 0 Å². The zero-order valence-electron chi connectivity index (χ0n) is 32.9. The number of hydrogen-bond donors (Lipinski definition) is 0. The maximum absolute atomic E-state index is 6.00. The summed E-state index contributed by atoms with van der Waals surface area (Å²) in [6, 6.07) is 1.41. The zero-order valence-corrected chi connectivity index (χ0v) is 35.4. The molecule has 0 amide bonds. The third-order valence-electron chi connectivity index (χ3n) is 11.5. The topological polar surface area (TPSA) is 23.3 Å². The third kappa shape index (κ3) is 13.4. The molecule has 0 aliphatic heterocycles. The summed E-state index contributed by atoms with van der Waals surface area (Å²) in [6.45, 7) is 29.9. The van der Waals surface area contributed by atoms with Crippen LogP contribution in [0.3, 0.4) is 0 Å². The van der Waals surface area contributed by atoms with Gasteiger partial charge in [0.15, 0.2) is 0 Å². The van der Waals surface area contributed by atoms with Gasteiger partial charge in [0.1, 0.15) is 0 Å². The van der Waals surface area contributed by atoms with Crippen LogP contribution in [-0.4, -0.2) is 26.0 Å². The molecular weight excluding hydrogens is 586 g/mol. The predicted molar refractivity (Wildman–Crippen MR) is 199 cm³/mol. The second kappa shape index (κ2) is 19.1. The van der Waals surface area contributed by atoms with E-state index in [-0.39, 0.29) is 55.1 Å². The van der Waals surface area contributed by atoms with Crippen LogP contribution in [0.4, 0.5) is 0 Å². The van der Waals surface area contributed by atoms with E-state index in [4.69, 9.17) is 9.72 Å². The minimum absolute atomic E-state index is 0. The molecule has 6 atom stereocenters. The maximum Gasteiger partial charge on any atom is 4.00 e. The van der Waals surface area contributed by atoms with Crippen LogP contribution in [0.2, 0.25) is 18.1 Å². The Morgan fingerprint density at radius 3 is 1.77 bits per heavy atom. The van der Waals surface area contributed by atoms with Crippen molar-refractivity contribution in [3.05, 3.63) is 27.3 Å². The molecule has 0 aromatic rings. The Labute approximate surface area is 296 Å². The summed E-state index contributed by atoms with van der Waals surface area (Å²) in [4.78, 5) is 5.90. The molecule has 6 unspecified atom stereocenters. The number of hydrogen-bond acceptors (Lipinski definition) is 1. The monoisotopic (exact) mass is 668 g/mol. The molecule has 3 rings (SSSR count). The summed E-state index contributed by atoms with van der Waals surface area (Å²) < 4.78 is 6.00. The van der Waals surface area contributed by atoms with Crippen LogP contribution in [0.25, 0.3) is 4.98 Å². The first-order valence-electron chi connectivity index (χ1n) is 17.8. The average molecular weight is 668 g/mol. The van der Waals surface area contributed by atoms with E-state index in [1.54, 1.807) is 0 Å². The minimum Gasteiger partial charge on any atom is -0.659 e. The van der Waals surface area contributed by atoms with E-state index in [2.05, 4.69) is 82.7 Å². The molecule has 4 heteroatoms. The summed E-state index contributed by atoms with van der Waals surface area (Å²) in [7, 11) is -1.81. The van der Waals surface area contributed by atoms with Crippen LogP contribution < -0.4 is 0 Å². The van der Waals surface area contributed by atoms with Gasteiger partial charge in [-0.25, -0.2) is 0 Å². The quantitative estimate of drug-likeness (QED) is 0.122. The summed E-state index contributed by atoms with van der Waals surface area (Å²) in [6.07, 6.45) is 17.2. The molecule has 3 saturated carbocycles. The summed E-state index contributed by atoms with van der Waals surface area (Å²) in [5, 5.41) is 0. The van der Waals surface area contributed by atoms with Crippen LogP contribution in [0.1, 0.15) is 153 Å². The van der Waals surface area contributed by atoms with Gasteiger partial charge < -0.3 is 32.0 Å². The summed E-state index contributed by atoms with van der Waals surface area (Å²) in [5.41, 5.74) is 1.46. The molecule has 0 aromatic heterocycles. The molecule has 0 radical (unpaired) electrons. The molecule has 0 aromatic carbocycles. The predicted octanol–water partition coefficient (Wildman–Crippen LogP) is 13.4. The zero-order chi connectivity index (χ0) is 29.9. The first kappa shape index (κ1) is 47.0. The smallest absolute Gasteiger partial charge is 0.659 e. The van der Waals surface area contributed by atoms with E-state index in [0.717, 1.165) is 53.6 Å². The van der Waals surface area contributed by atoms with E-state index >= 15 is 0 Å². The number of ether oxygens (including phenoxy) is 1. The standard InChI is InChI=1S/C37H72NOSi.3CH3.Ti/c1-27(2)32-26-33-30(28-20-22-29(23-21-28)35(3,4)5)18-17-19-31(33)34(32)40(12,38-36(6,7)8)25-16-14-13-15-24-39-37(9,10)11;;;;/h27-34H,13-26H2,1-12H3;3*1H3;/q4*-1;+4. The van der Waals surface area contributed by atoms with Crippen LogP contribution in [0, 0.1) is 69.1 Å². The van der Waals surface area contributed by atoms with Gasteiger partial charge >= 0.3 is 21.7 Å². The Bertz CT molecular complexity index is 757. The van der Waals surface area contributed by atoms with Crippen molar-refractivity contribution in [2.75, 3.05) is 6.61 Å². The minimum atomic E-state index is -1.81. The van der Waals surface area contributed by atoms with Gasteiger partial charge in [0.25, 0.3) is 0 Å². The molecule has 0 N–H and O–H groups in total. The van der Waals surface area contributed by atoms with Gasteiger partial charge in [0, 0.05) is 6.61 Å². The van der Waals surface area contributed by atoms with Crippen LogP contribution in [-0.2, 0) is 26.5 Å². The van der Waals surface area contributed by atoms with E-state index in [1.807, 2.05) is 0 Å². The third-order valence-corrected chi connectivity index (χ3v) is 16.4. The molecule has 0 saturated heterocycles. The Morgan fingerprint density at radius 1 is 0.727 bits per heavy atom. The first-order valence-corrected chi connectivity index (χ1v) is 20.5. The fourth-order valence-electron chi connectivity index (χ4n) is 9.90. The van der Waals surface area contributed by atoms with Gasteiger partial charge in [-0.05, 0) is 113 Å². The Balaban J connectivity index is 0. The van der Waals surface area contributed by atoms with E-state index in [0.29, 0.717) is 5.41 Å². The average Bonchev–Trinajstić information content (AvgIpc) is 3.22. The molecule has 3 aliphatic carbocycles. The SMILES string of the molecule is CC(C)C1CC2C(C3CCC(C(C)(C)C)CC3)CCCC2C1[Si](C)(CCCCCCOC(C)(C)C)[N-]C(C)(C)C.[CH3-].[CH3-].[CH3-].[Ti+4].